The first-order valence-electron chi connectivity index (χ1n) is 14.0. The highest BCUT2D eigenvalue weighted by molar-refractivity contribution is 5.95. The van der Waals surface area contributed by atoms with Crippen molar-refractivity contribution in [3.05, 3.63) is 173 Å². The van der Waals surface area contributed by atoms with Gasteiger partial charge in [0.15, 0.2) is 0 Å². The fraction of sp³-hybridized carbons (Fsp3) is 0.105. The SMILES string of the molecule is OCc1ccc2c(c1)C1(c3ccccc3-c3ccccc31)c1cc(NC3(c4ccccc4)C=CC=CC3)ccc1-2. The van der Waals surface area contributed by atoms with E-state index in [0.29, 0.717) is 0 Å². The molecule has 1 atom stereocenters. The fourth-order valence-corrected chi connectivity index (χ4v) is 7.35. The topological polar surface area (TPSA) is 32.3 Å². The summed E-state index contributed by atoms with van der Waals surface area (Å²) in [5, 5.41) is 14.1. The summed E-state index contributed by atoms with van der Waals surface area (Å²) in [5.74, 6) is 0. The lowest BCUT2D eigenvalue weighted by Gasteiger charge is -2.35. The number of aliphatic hydroxyl groups excluding tert-OH is 1. The first-order chi connectivity index (χ1) is 19.7. The van der Waals surface area contributed by atoms with Crippen LogP contribution < -0.4 is 5.32 Å². The molecule has 0 saturated carbocycles. The number of benzene rings is 5. The standard InChI is InChI=1S/C38H29NO/c40-25-26-17-19-31-32-20-18-28(39-37(21-9-2-10-22-37)27-11-3-1-4-12-27)24-36(32)38(35(31)23-26)33-15-7-5-13-29(33)30-14-6-8-16-34(30)38/h1-21,23-24,39-40H,22,25H2. The predicted molar refractivity (Wildman–Crippen MR) is 163 cm³/mol. The minimum atomic E-state index is -0.442. The van der Waals surface area contributed by atoms with Crippen molar-refractivity contribution in [3.8, 4) is 22.3 Å². The monoisotopic (exact) mass is 515 g/mol. The molecule has 8 rings (SSSR count). The molecule has 192 valence electrons. The van der Waals surface area contributed by atoms with E-state index in [1.165, 1.54) is 50.1 Å². The third-order valence-electron chi connectivity index (χ3n) is 9.06. The maximum atomic E-state index is 10.1. The number of hydrogen-bond donors (Lipinski definition) is 2. The van der Waals surface area contributed by atoms with Crippen molar-refractivity contribution in [2.24, 2.45) is 0 Å². The molecule has 1 spiro atoms. The Morgan fingerprint density at radius 2 is 1.23 bits per heavy atom. The maximum Gasteiger partial charge on any atom is 0.0847 e. The zero-order valence-electron chi connectivity index (χ0n) is 22.1. The van der Waals surface area contributed by atoms with E-state index in [4.69, 9.17) is 0 Å². The summed E-state index contributed by atoms with van der Waals surface area (Å²) < 4.78 is 0. The second kappa shape index (κ2) is 8.67. The van der Waals surface area contributed by atoms with Crippen LogP contribution in [0.2, 0.25) is 0 Å². The average molecular weight is 516 g/mol. The molecule has 0 saturated heterocycles. The molecular formula is C38H29NO. The molecule has 2 N–H and O–H groups in total. The molecule has 5 aromatic rings. The van der Waals surface area contributed by atoms with Crippen molar-refractivity contribution < 1.29 is 5.11 Å². The van der Waals surface area contributed by atoms with Crippen LogP contribution in [0, 0.1) is 0 Å². The second-order valence-corrected chi connectivity index (χ2v) is 11.1. The van der Waals surface area contributed by atoms with Gasteiger partial charge >= 0.3 is 0 Å². The van der Waals surface area contributed by atoms with Gasteiger partial charge in [-0.05, 0) is 74.2 Å². The molecule has 0 aliphatic heterocycles. The number of hydrogen-bond acceptors (Lipinski definition) is 2. The zero-order valence-corrected chi connectivity index (χ0v) is 22.1. The van der Waals surface area contributed by atoms with E-state index in [2.05, 4.69) is 145 Å². The Kier molecular flexibility index (Phi) is 5.04. The highest BCUT2D eigenvalue weighted by Crippen LogP contribution is 2.63. The number of fused-ring (bicyclic) bond motifs is 10. The second-order valence-electron chi connectivity index (χ2n) is 11.1. The third kappa shape index (κ3) is 3.08. The van der Waals surface area contributed by atoms with Crippen molar-refractivity contribution in [1.29, 1.82) is 0 Å². The summed E-state index contributed by atoms with van der Waals surface area (Å²) >= 11 is 0. The first-order valence-corrected chi connectivity index (χ1v) is 14.0. The van der Waals surface area contributed by atoms with Gasteiger partial charge < -0.3 is 10.4 Å². The quantitative estimate of drug-likeness (QED) is 0.247. The first kappa shape index (κ1) is 23.2. The van der Waals surface area contributed by atoms with Crippen LogP contribution in [0.15, 0.2) is 140 Å². The van der Waals surface area contributed by atoms with E-state index in [0.717, 1.165) is 17.7 Å². The van der Waals surface area contributed by atoms with Gasteiger partial charge in [0, 0.05) is 5.69 Å². The van der Waals surface area contributed by atoms with Crippen molar-refractivity contribution in [1.82, 2.24) is 0 Å². The van der Waals surface area contributed by atoms with Crippen molar-refractivity contribution in [2.45, 2.75) is 24.0 Å². The summed E-state index contributed by atoms with van der Waals surface area (Å²) in [6.45, 7) is 0.0231. The van der Waals surface area contributed by atoms with Crippen molar-refractivity contribution >= 4 is 5.69 Å². The molecule has 0 amide bonds. The summed E-state index contributed by atoms with van der Waals surface area (Å²) in [4.78, 5) is 0. The molecule has 1 unspecified atom stereocenters. The number of allylic oxidation sites excluding steroid dienone is 2. The van der Waals surface area contributed by atoms with Crippen LogP contribution in [0.3, 0.4) is 0 Å². The summed E-state index contributed by atoms with van der Waals surface area (Å²) in [6, 6.07) is 41.8. The predicted octanol–water partition coefficient (Wildman–Crippen LogP) is 8.35. The van der Waals surface area contributed by atoms with Crippen LogP contribution in [-0.2, 0) is 17.6 Å². The van der Waals surface area contributed by atoms with Gasteiger partial charge in [-0.1, -0.05) is 127 Å². The normalized spacial score (nSPS) is 18.7. The molecule has 40 heavy (non-hydrogen) atoms. The van der Waals surface area contributed by atoms with E-state index in [9.17, 15) is 5.11 Å². The molecule has 5 aromatic carbocycles. The number of nitrogens with one attached hydrogen (secondary N) is 1. The van der Waals surface area contributed by atoms with E-state index in [1.54, 1.807) is 0 Å². The van der Waals surface area contributed by atoms with Gasteiger partial charge in [-0.2, -0.15) is 0 Å². The molecule has 0 heterocycles. The van der Waals surface area contributed by atoms with Crippen LogP contribution in [0.25, 0.3) is 22.3 Å². The Balaban J connectivity index is 1.38. The van der Waals surface area contributed by atoms with Crippen molar-refractivity contribution in [2.75, 3.05) is 5.32 Å². The Hall–Kier alpha value is -4.66. The lowest BCUT2D eigenvalue weighted by atomic mass is 9.70. The van der Waals surface area contributed by atoms with E-state index in [-0.39, 0.29) is 12.1 Å². The van der Waals surface area contributed by atoms with Gasteiger partial charge in [0.25, 0.3) is 0 Å². The molecule has 0 radical (unpaired) electrons. The molecule has 2 nitrogen and oxygen atoms in total. The minimum absolute atomic E-state index is 0.0231. The van der Waals surface area contributed by atoms with Gasteiger partial charge in [-0.15, -0.1) is 0 Å². The summed E-state index contributed by atoms with van der Waals surface area (Å²) in [5.41, 5.74) is 12.7. The Morgan fingerprint density at radius 1 is 0.600 bits per heavy atom. The number of rotatable bonds is 4. The van der Waals surface area contributed by atoms with Crippen LogP contribution >= 0.6 is 0 Å². The fourth-order valence-electron chi connectivity index (χ4n) is 7.35. The van der Waals surface area contributed by atoms with Crippen molar-refractivity contribution in [3.63, 3.8) is 0 Å². The average Bonchev–Trinajstić information content (AvgIpc) is 3.48. The van der Waals surface area contributed by atoms with E-state index >= 15 is 0 Å². The van der Waals surface area contributed by atoms with Gasteiger partial charge in [0.1, 0.15) is 0 Å². The lowest BCUT2D eigenvalue weighted by molar-refractivity contribution is 0.281. The smallest absolute Gasteiger partial charge is 0.0847 e. The zero-order chi connectivity index (χ0) is 26.7. The number of aliphatic hydroxyl groups is 1. The highest BCUT2D eigenvalue weighted by atomic mass is 16.3. The number of anilines is 1. The third-order valence-corrected chi connectivity index (χ3v) is 9.06. The van der Waals surface area contributed by atoms with Crippen LogP contribution in [0.5, 0.6) is 0 Å². The van der Waals surface area contributed by atoms with E-state index in [1.807, 2.05) is 0 Å². The highest BCUT2D eigenvalue weighted by Gasteiger charge is 2.51. The Morgan fingerprint density at radius 3 is 1.90 bits per heavy atom. The molecule has 3 aliphatic carbocycles. The summed E-state index contributed by atoms with van der Waals surface area (Å²) in [7, 11) is 0. The Labute approximate surface area is 235 Å². The largest absolute Gasteiger partial charge is 0.392 e. The molecule has 0 fully saturated rings. The minimum Gasteiger partial charge on any atom is -0.392 e. The molecule has 3 aliphatic rings. The van der Waals surface area contributed by atoms with Crippen LogP contribution in [0.1, 0.15) is 39.8 Å². The van der Waals surface area contributed by atoms with Gasteiger partial charge in [-0.25, -0.2) is 0 Å². The van der Waals surface area contributed by atoms with E-state index < -0.39 is 5.41 Å². The lowest BCUT2D eigenvalue weighted by Crippen LogP contribution is -2.34. The van der Waals surface area contributed by atoms with Crippen LogP contribution in [-0.4, -0.2) is 5.11 Å². The molecule has 2 heteroatoms. The molecule has 0 bridgehead atoms. The Bertz CT molecular complexity index is 1800. The molecular weight excluding hydrogens is 486 g/mol. The summed E-state index contributed by atoms with van der Waals surface area (Å²) in [6.07, 6.45) is 9.68. The van der Waals surface area contributed by atoms with Gasteiger partial charge in [-0.3, -0.25) is 0 Å². The van der Waals surface area contributed by atoms with Crippen LogP contribution in [0.4, 0.5) is 5.69 Å². The molecule has 0 aromatic heterocycles. The van der Waals surface area contributed by atoms with Gasteiger partial charge in [0.05, 0.1) is 17.6 Å². The van der Waals surface area contributed by atoms with Gasteiger partial charge in [0.2, 0.25) is 0 Å². The maximum absolute atomic E-state index is 10.1.